The Morgan fingerprint density at radius 1 is 1.08 bits per heavy atom. The van der Waals surface area contributed by atoms with Gasteiger partial charge in [-0.2, -0.15) is 0 Å². The van der Waals surface area contributed by atoms with Gasteiger partial charge in [-0.3, -0.25) is 9.59 Å². The van der Waals surface area contributed by atoms with E-state index in [1.54, 1.807) is 24.3 Å². The van der Waals surface area contributed by atoms with Gasteiger partial charge in [0.25, 0.3) is 5.56 Å². The summed E-state index contributed by atoms with van der Waals surface area (Å²) < 4.78 is 4.63. The highest BCUT2D eigenvalue weighted by Crippen LogP contribution is 2.13. The fourth-order valence-corrected chi connectivity index (χ4v) is 2.66. The molecule has 0 atom stereocenters. The lowest BCUT2D eigenvalue weighted by Crippen LogP contribution is -2.17. The van der Waals surface area contributed by atoms with E-state index in [-0.39, 0.29) is 17.9 Å². The first-order valence-corrected chi connectivity index (χ1v) is 8.16. The number of amides is 1. The monoisotopic (exact) mass is 350 g/mol. The van der Waals surface area contributed by atoms with E-state index < -0.39 is 5.97 Å². The molecule has 0 saturated heterocycles. The summed E-state index contributed by atoms with van der Waals surface area (Å²) in [5.41, 5.74) is 2.15. The van der Waals surface area contributed by atoms with Gasteiger partial charge in [-0.25, -0.2) is 4.79 Å². The minimum Gasteiger partial charge on any atom is -0.465 e. The number of para-hydroxylation sites is 1. The van der Waals surface area contributed by atoms with Gasteiger partial charge >= 0.3 is 5.97 Å². The molecule has 1 amide bonds. The minimum absolute atomic E-state index is 0.181. The van der Waals surface area contributed by atoms with Crippen LogP contribution in [0.3, 0.4) is 0 Å². The topological polar surface area (TPSA) is 88.3 Å². The maximum atomic E-state index is 12.1. The Morgan fingerprint density at radius 2 is 1.81 bits per heavy atom. The van der Waals surface area contributed by atoms with Gasteiger partial charge in [-0.1, -0.05) is 18.2 Å². The van der Waals surface area contributed by atoms with Crippen molar-refractivity contribution in [2.75, 3.05) is 12.4 Å². The Morgan fingerprint density at radius 3 is 2.54 bits per heavy atom. The molecule has 0 unspecified atom stereocenters. The first kappa shape index (κ1) is 17.4. The van der Waals surface area contributed by atoms with Crippen LogP contribution in [0.1, 0.15) is 22.3 Å². The van der Waals surface area contributed by atoms with E-state index in [9.17, 15) is 14.4 Å². The highest BCUT2D eigenvalue weighted by atomic mass is 16.5. The molecule has 132 valence electrons. The number of H-pyrrole nitrogens is 1. The maximum Gasteiger partial charge on any atom is 0.337 e. The lowest BCUT2D eigenvalue weighted by molar-refractivity contribution is -0.116. The molecule has 6 nitrogen and oxygen atoms in total. The molecule has 6 heteroatoms. The van der Waals surface area contributed by atoms with Gasteiger partial charge in [0.2, 0.25) is 5.91 Å². The van der Waals surface area contributed by atoms with Crippen molar-refractivity contribution in [1.82, 2.24) is 4.98 Å². The van der Waals surface area contributed by atoms with Crippen LogP contribution in [-0.4, -0.2) is 24.0 Å². The van der Waals surface area contributed by atoms with Crippen molar-refractivity contribution in [2.45, 2.75) is 12.8 Å². The average Bonchev–Trinajstić information content (AvgIpc) is 2.66. The quantitative estimate of drug-likeness (QED) is 0.693. The lowest BCUT2D eigenvalue weighted by Gasteiger charge is -2.07. The van der Waals surface area contributed by atoms with Crippen LogP contribution in [0.15, 0.2) is 59.4 Å². The molecule has 26 heavy (non-hydrogen) atoms. The molecule has 0 radical (unpaired) electrons. The standard InChI is InChI=1S/C20H18N2O4/c1-26-20(25)13-6-9-16(10-7-13)21-18(23)11-8-15-12-14-4-2-3-5-17(14)22-19(15)24/h2-7,9-10,12H,8,11H2,1H3,(H,21,23)(H,22,24). The third-order valence-electron chi connectivity index (χ3n) is 4.04. The molecule has 0 aliphatic rings. The van der Waals surface area contributed by atoms with Crippen molar-refractivity contribution < 1.29 is 14.3 Å². The number of benzene rings is 2. The maximum absolute atomic E-state index is 12.1. The predicted molar refractivity (Wildman–Crippen MR) is 99.3 cm³/mol. The third-order valence-corrected chi connectivity index (χ3v) is 4.04. The van der Waals surface area contributed by atoms with Crippen molar-refractivity contribution in [3.8, 4) is 0 Å². The number of pyridine rings is 1. The molecule has 0 aliphatic carbocycles. The number of esters is 1. The number of nitrogens with one attached hydrogen (secondary N) is 2. The SMILES string of the molecule is COC(=O)c1ccc(NC(=O)CCc2cc3ccccc3[nH]c2=O)cc1. The van der Waals surface area contributed by atoms with Gasteiger partial charge in [0.1, 0.15) is 0 Å². The van der Waals surface area contributed by atoms with Gasteiger partial charge < -0.3 is 15.0 Å². The molecule has 3 aromatic rings. The van der Waals surface area contributed by atoms with Gasteiger partial charge in [0, 0.05) is 23.2 Å². The second-order valence-corrected chi connectivity index (χ2v) is 5.83. The number of carbonyl (C=O) groups is 2. The molecule has 0 bridgehead atoms. The van der Waals surface area contributed by atoms with Gasteiger partial charge in [0.15, 0.2) is 0 Å². The van der Waals surface area contributed by atoms with Crippen molar-refractivity contribution in [3.63, 3.8) is 0 Å². The number of methoxy groups -OCH3 is 1. The van der Waals surface area contributed by atoms with E-state index in [4.69, 9.17) is 0 Å². The normalized spacial score (nSPS) is 10.5. The average molecular weight is 350 g/mol. The van der Waals surface area contributed by atoms with Gasteiger partial charge in [0.05, 0.1) is 12.7 Å². The second kappa shape index (κ2) is 7.65. The largest absolute Gasteiger partial charge is 0.465 e. The van der Waals surface area contributed by atoms with E-state index in [1.807, 2.05) is 30.3 Å². The van der Waals surface area contributed by atoms with E-state index in [0.717, 1.165) is 10.9 Å². The number of aromatic amines is 1. The second-order valence-electron chi connectivity index (χ2n) is 5.83. The van der Waals surface area contributed by atoms with Gasteiger partial charge in [-0.15, -0.1) is 0 Å². The first-order valence-electron chi connectivity index (χ1n) is 8.16. The van der Waals surface area contributed by atoms with Crippen molar-refractivity contribution >= 4 is 28.5 Å². The summed E-state index contributed by atoms with van der Waals surface area (Å²) in [6, 6.07) is 15.7. The number of rotatable bonds is 5. The number of aromatic nitrogens is 1. The zero-order valence-corrected chi connectivity index (χ0v) is 14.2. The Kier molecular flexibility index (Phi) is 5.12. The molecule has 2 N–H and O–H groups in total. The van der Waals surface area contributed by atoms with Crippen LogP contribution in [0, 0.1) is 0 Å². The molecule has 3 rings (SSSR count). The van der Waals surface area contributed by atoms with Crippen LogP contribution in [0.25, 0.3) is 10.9 Å². The number of aryl methyl sites for hydroxylation is 1. The van der Waals surface area contributed by atoms with Gasteiger partial charge in [-0.05, 0) is 48.2 Å². The Labute approximate surface area is 149 Å². The van der Waals surface area contributed by atoms with Crippen molar-refractivity contribution in [2.24, 2.45) is 0 Å². The Hall–Kier alpha value is -3.41. The molecule has 2 aromatic carbocycles. The Balaban J connectivity index is 1.63. The highest BCUT2D eigenvalue weighted by molar-refractivity contribution is 5.93. The molecule has 0 spiro atoms. The van der Waals surface area contributed by atoms with E-state index in [1.165, 1.54) is 7.11 Å². The van der Waals surface area contributed by atoms with Crippen LogP contribution >= 0.6 is 0 Å². The molecular weight excluding hydrogens is 332 g/mol. The van der Waals surface area contributed by atoms with Crippen LogP contribution in [0.2, 0.25) is 0 Å². The number of ether oxygens (including phenoxy) is 1. The summed E-state index contributed by atoms with van der Waals surface area (Å²) in [5.74, 6) is -0.637. The number of hydrogen-bond donors (Lipinski definition) is 2. The zero-order valence-electron chi connectivity index (χ0n) is 14.2. The number of fused-ring (bicyclic) bond motifs is 1. The number of anilines is 1. The third kappa shape index (κ3) is 3.97. The molecule has 1 heterocycles. The molecule has 0 fully saturated rings. The number of carbonyl (C=O) groups excluding carboxylic acids is 2. The molecule has 0 saturated carbocycles. The van der Waals surface area contributed by atoms with Crippen molar-refractivity contribution in [3.05, 3.63) is 76.1 Å². The van der Waals surface area contributed by atoms with E-state index in [2.05, 4.69) is 15.0 Å². The Bertz CT molecular complexity index is 1010. The zero-order chi connectivity index (χ0) is 18.5. The summed E-state index contributed by atoms with van der Waals surface area (Å²) in [4.78, 5) is 38.4. The summed E-state index contributed by atoms with van der Waals surface area (Å²) in [5, 5.41) is 3.68. The number of hydrogen-bond acceptors (Lipinski definition) is 4. The molecule has 0 aliphatic heterocycles. The van der Waals surface area contributed by atoms with Crippen LogP contribution in [-0.2, 0) is 16.0 Å². The smallest absolute Gasteiger partial charge is 0.337 e. The van der Waals surface area contributed by atoms with Crippen LogP contribution in [0.5, 0.6) is 0 Å². The molecular formula is C20H18N2O4. The molecule has 1 aromatic heterocycles. The first-order chi connectivity index (χ1) is 12.6. The summed E-state index contributed by atoms with van der Waals surface area (Å²) in [7, 11) is 1.31. The van der Waals surface area contributed by atoms with E-state index in [0.29, 0.717) is 23.2 Å². The van der Waals surface area contributed by atoms with Crippen LogP contribution in [0.4, 0.5) is 5.69 Å². The van der Waals surface area contributed by atoms with Crippen molar-refractivity contribution in [1.29, 1.82) is 0 Å². The summed E-state index contributed by atoms with van der Waals surface area (Å²) >= 11 is 0. The highest BCUT2D eigenvalue weighted by Gasteiger charge is 2.09. The predicted octanol–water partition coefficient (Wildman–Crippen LogP) is 2.89. The lowest BCUT2D eigenvalue weighted by atomic mass is 10.1. The summed E-state index contributed by atoms with van der Waals surface area (Å²) in [6.45, 7) is 0. The van der Waals surface area contributed by atoms with Crippen LogP contribution < -0.4 is 10.9 Å². The fourth-order valence-electron chi connectivity index (χ4n) is 2.66. The summed E-state index contributed by atoms with van der Waals surface area (Å²) in [6.07, 6.45) is 0.520. The minimum atomic E-state index is -0.432. The fraction of sp³-hybridized carbons (Fsp3) is 0.150. The van der Waals surface area contributed by atoms with E-state index >= 15 is 0 Å².